The summed E-state index contributed by atoms with van der Waals surface area (Å²) in [4.78, 5) is 0. The van der Waals surface area contributed by atoms with Gasteiger partial charge in [0.05, 0.1) is 19.8 Å². The van der Waals surface area contributed by atoms with Gasteiger partial charge in [-0.05, 0) is 60.5 Å². The van der Waals surface area contributed by atoms with Crippen molar-refractivity contribution in [3.63, 3.8) is 0 Å². The van der Waals surface area contributed by atoms with Crippen LogP contribution in [0.2, 0.25) is 0 Å². The zero-order chi connectivity index (χ0) is 20.8. The van der Waals surface area contributed by atoms with Gasteiger partial charge in [0, 0.05) is 23.1 Å². The Kier molecular flexibility index (Phi) is 6.47. The van der Waals surface area contributed by atoms with Gasteiger partial charge in [0.2, 0.25) is 0 Å². The number of rotatable bonds is 9. The molecule has 1 atom stereocenters. The molecule has 1 heterocycles. The highest BCUT2D eigenvalue weighted by molar-refractivity contribution is 5.87. The first-order chi connectivity index (χ1) is 14.7. The van der Waals surface area contributed by atoms with Crippen LogP contribution in [-0.4, -0.2) is 36.0 Å². The second-order valence-corrected chi connectivity index (χ2v) is 7.52. The van der Waals surface area contributed by atoms with Gasteiger partial charge in [0.1, 0.15) is 5.75 Å². The van der Waals surface area contributed by atoms with E-state index in [1.54, 1.807) is 7.11 Å². The third-order valence-corrected chi connectivity index (χ3v) is 5.40. The van der Waals surface area contributed by atoms with Crippen molar-refractivity contribution in [2.75, 3.05) is 20.2 Å². The highest BCUT2D eigenvalue weighted by Gasteiger charge is 2.14. The summed E-state index contributed by atoms with van der Waals surface area (Å²) in [5.74, 6) is 0.837. The minimum absolute atomic E-state index is 0.478. The number of aliphatic hydroxyl groups is 1. The molecule has 4 aromatic rings. The van der Waals surface area contributed by atoms with Crippen LogP contribution in [0, 0.1) is 0 Å². The van der Waals surface area contributed by atoms with Crippen molar-refractivity contribution in [3.05, 3.63) is 90.5 Å². The van der Waals surface area contributed by atoms with Gasteiger partial charge in [-0.1, -0.05) is 48.5 Å². The Balaban J connectivity index is 1.46. The standard InChI is InChI=1S/C26H28N2O2/c1-30-24-13-11-21(12-14-24)26-17-22-9-5-6-10-25(22)28(26)19-23(29)18-27-16-15-20-7-3-2-4-8-20/h2-14,17,23,27,29H,15-16,18-19H2,1H3. The molecule has 0 spiro atoms. The van der Waals surface area contributed by atoms with E-state index in [2.05, 4.69) is 64.5 Å². The molecule has 4 heteroatoms. The molecule has 1 aromatic heterocycles. The van der Waals surface area contributed by atoms with Crippen LogP contribution in [0.1, 0.15) is 5.56 Å². The molecule has 4 rings (SSSR count). The van der Waals surface area contributed by atoms with Gasteiger partial charge >= 0.3 is 0 Å². The molecule has 1 unspecified atom stereocenters. The Bertz CT molecular complexity index is 1070. The number of hydrogen-bond donors (Lipinski definition) is 2. The van der Waals surface area contributed by atoms with E-state index in [-0.39, 0.29) is 0 Å². The van der Waals surface area contributed by atoms with Gasteiger partial charge in [-0.25, -0.2) is 0 Å². The first-order valence-electron chi connectivity index (χ1n) is 10.4. The lowest BCUT2D eigenvalue weighted by molar-refractivity contribution is 0.154. The molecule has 4 nitrogen and oxygen atoms in total. The van der Waals surface area contributed by atoms with E-state index in [0.717, 1.165) is 35.5 Å². The molecule has 0 saturated carbocycles. The van der Waals surface area contributed by atoms with Gasteiger partial charge in [-0.2, -0.15) is 0 Å². The number of aromatic nitrogens is 1. The van der Waals surface area contributed by atoms with E-state index in [1.165, 1.54) is 10.9 Å². The van der Waals surface area contributed by atoms with Crippen LogP contribution in [0.3, 0.4) is 0 Å². The number of aliphatic hydroxyl groups excluding tert-OH is 1. The van der Waals surface area contributed by atoms with E-state index >= 15 is 0 Å². The maximum absolute atomic E-state index is 10.7. The maximum atomic E-state index is 10.7. The van der Waals surface area contributed by atoms with Crippen molar-refractivity contribution in [2.45, 2.75) is 19.1 Å². The van der Waals surface area contributed by atoms with Crippen LogP contribution < -0.4 is 10.1 Å². The SMILES string of the molecule is COc1ccc(-c2cc3ccccc3n2CC(O)CNCCc2ccccc2)cc1. The monoisotopic (exact) mass is 400 g/mol. The maximum Gasteiger partial charge on any atom is 0.118 e. The molecule has 0 radical (unpaired) electrons. The quantitative estimate of drug-likeness (QED) is 0.406. The fourth-order valence-electron chi connectivity index (χ4n) is 3.83. The van der Waals surface area contributed by atoms with E-state index in [9.17, 15) is 5.11 Å². The van der Waals surface area contributed by atoms with E-state index in [1.807, 2.05) is 30.3 Å². The van der Waals surface area contributed by atoms with Crippen LogP contribution in [-0.2, 0) is 13.0 Å². The largest absolute Gasteiger partial charge is 0.497 e. The van der Waals surface area contributed by atoms with Gasteiger partial charge in [-0.15, -0.1) is 0 Å². The molecule has 0 aliphatic carbocycles. The Labute approximate surface area is 177 Å². The van der Waals surface area contributed by atoms with Gasteiger partial charge in [0.15, 0.2) is 0 Å². The number of fused-ring (bicyclic) bond motifs is 1. The molecule has 0 amide bonds. The summed E-state index contributed by atoms with van der Waals surface area (Å²) in [6, 6.07) is 29.0. The summed E-state index contributed by atoms with van der Waals surface area (Å²) in [6.45, 7) is 1.94. The topological polar surface area (TPSA) is 46.4 Å². The lowest BCUT2D eigenvalue weighted by Crippen LogP contribution is -2.31. The lowest BCUT2D eigenvalue weighted by Gasteiger charge is -2.17. The molecule has 0 fully saturated rings. The first kappa shape index (κ1) is 20.2. The smallest absolute Gasteiger partial charge is 0.118 e. The molecule has 2 N–H and O–H groups in total. The fraction of sp³-hybridized carbons (Fsp3) is 0.231. The molecule has 0 aliphatic rings. The second-order valence-electron chi connectivity index (χ2n) is 7.52. The molecular formula is C26H28N2O2. The summed E-state index contributed by atoms with van der Waals surface area (Å²) >= 11 is 0. The zero-order valence-corrected chi connectivity index (χ0v) is 17.3. The van der Waals surface area contributed by atoms with Crippen LogP contribution in [0.4, 0.5) is 0 Å². The highest BCUT2D eigenvalue weighted by atomic mass is 16.5. The molecular weight excluding hydrogens is 372 g/mol. The minimum atomic E-state index is -0.478. The molecule has 0 saturated heterocycles. The number of benzene rings is 3. The van der Waals surface area contributed by atoms with Crippen LogP contribution in [0.15, 0.2) is 84.9 Å². The number of methoxy groups -OCH3 is 1. The van der Waals surface area contributed by atoms with Gasteiger partial charge in [0.25, 0.3) is 0 Å². The third-order valence-electron chi connectivity index (χ3n) is 5.40. The van der Waals surface area contributed by atoms with E-state index in [4.69, 9.17) is 4.74 Å². The fourth-order valence-corrected chi connectivity index (χ4v) is 3.83. The van der Waals surface area contributed by atoms with Gasteiger partial charge < -0.3 is 19.7 Å². The highest BCUT2D eigenvalue weighted by Crippen LogP contribution is 2.29. The minimum Gasteiger partial charge on any atom is -0.497 e. The van der Waals surface area contributed by atoms with Crippen molar-refractivity contribution in [1.82, 2.24) is 9.88 Å². The molecule has 0 aliphatic heterocycles. The average Bonchev–Trinajstić information content (AvgIpc) is 3.16. The summed E-state index contributed by atoms with van der Waals surface area (Å²) in [6.07, 6.45) is 0.477. The predicted molar refractivity (Wildman–Crippen MR) is 123 cm³/mol. The van der Waals surface area contributed by atoms with Crippen molar-refractivity contribution in [2.24, 2.45) is 0 Å². The number of nitrogens with one attached hydrogen (secondary N) is 1. The lowest BCUT2D eigenvalue weighted by atomic mass is 10.1. The van der Waals surface area contributed by atoms with Crippen LogP contribution in [0.5, 0.6) is 5.75 Å². The summed E-state index contributed by atoms with van der Waals surface area (Å²) in [5.41, 5.74) is 4.64. The number of ether oxygens (including phenoxy) is 1. The molecule has 30 heavy (non-hydrogen) atoms. The Morgan fingerprint density at radius 1 is 0.933 bits per heavy atom. The van der Waals surface area contributed by atoms with Crippen LogP contribution >= 0.6 is 0 Å². The summed E-state index contributed by atoms with van der Waals surface area (Å²) in [5, 5.41) is 15.3. The second kappa shape index (κ2) is 9.61. The normalized spacial score (nSPS) is 12.2. The van der Waals surface area contributed by atoms with E-state index < -0.39 is 6.10 Å². The van der Waals surface area contributed by atoms with Crippen molar-refractivity contribution in [3.8, 4) is 17.0 Å². The third kappa shape index (κ3) is 4.73. The average molecular weight is 401 g/mol. The van der Waals surface area contributed by atoms with Crippen LogP contribution in [0.25, 0.3) is 22.2 Å². The van der Waals surface area contributed by atoms with Gasteiger partial charge in [-0.3, -0.25) is 0 Å². The first-order valence-corrected chi connectivity index (χ1v) is 10.4. The Morgan fingerprint density at radius 2 is 1.67 bits per heavy atom. The molecule has 3 aromatic carbocycles. The summed E-state index contributed by atoms with van der Waals surface area (Å²) in [7, 11) is 1.67. The Hall–Kier alpha value is -3.08. The van der Waals surface area contributed by atoms with Crippen molar-refractivity contribution >= 4 is 10.9 Å². The molecule has 0 bridgehead atoms. The predicted octanol–water partition coefficient (Wildman–Crippen LogP) is 4.51. The Morgan fingerprint density at radius 3 is 2.43 bits per heavy atom. The number of para-hydroxylation sites is 1. The van der Waals surface area contributed by atoms with Crippen molar-refractivity contribution in [1.29, 1.82) is 0 Å². The summed E-state index contributed by atoms with van der Waals surface area (Å²) < 4.78 is 7.50. The number of nitrogens with zero attached hydrogens (tertiary/aromatic N) is 1. The number of hydrogen-bond acceptors (Lipinski definition) is 3. The molecule has 154 valence electrons. The van der Waals surface area contributed by atoms with Crippen molar-refractivity contribution < 1.29 is 9.84 Å². The zero-order valence-electron chi connectivity index (χ0n) is 17.3. The van der Waals surface area contributed by atoms with E-state index in [0.29, 0.717) is 13.1 Å².